The molecule has 1 aromatic rings. The van der Waals surface area contributed by atoms with Gasteiger partial charge in [0.25, 0.3) is 5.91 Å². The number of thioether (sulfide) groups is 1. The van der Waals surface area contributed by atoms with Gasteiger partial charge in [-0.25, -0.2) is 0 Å². The van der Waals surface area contributed by atoms with E-state index in [1.165, 1.54) is 0 Å². The van der Waals surface area contributed by atoms with Crippen LogP contribution in [-0.2, 0) is 4.79 Å². The van der Waals surface area contributed by atoms with Crippen molar-refractivity contribution < 1.29 is 14.3 Å². The van der Waals surface area contributed by atoms with E-state index in [9.17, 15) is 4.79 Å². The van der Waals surface area contributed by atoms with Crippen molar-refractivity contribution in [1.82, 2.24) is 4.90 Å². The molecular weight excluding hydrogens is 262 g/mol. The first-order chi connectivity index (χ1) is 9.31. The van der Waals surface area contributed by atoms with Gasteiger partial charge in [0.1, 0.15) is 0 Å². The number of ether oxygens (including phenoxy) is 2. The van der Waals surface area contributed by atoms with Crippen LogP contribution in [0.5, 0.6) is 11.5 Å². The number of nitrogens with zero attached hydrogens (tertiary/aromatic N) is 1. The fourth-order valence-electron chi connectivity index (χ4n) is 1.89. The van der Waals surface area contributed by atoms with Crippen molar-refractivity contribution in [1.29, 1.82) is 0 Å². The van der Waals surface area contributed by atoms with E-state index in [4.69, 9.17) is 9.47 Å². The minimum atomic E-state index is 0.0478. The first kappa shape index (κ1) is 14.1. The summed E-state index contributed by atoms with van der Waals surface area (Å²) in [7, 11) is 0. The van der Waals surface area contributed by atoms with Crippen LogP contribution >= 0.6 is 11.8 Å². The fourth-order valence-corrected chi connectivity index (χ4v) is 2.79. The molecule has 1 amide bonds. The van der Waals surface area contributed by atoms with Gasteiger partial charge in [-0.05, 0) is 19.1 Å². The maximum atomic E-state index is 12.0. The predicted octanol–water partition coefficient (Wildman–Crippen LogP) is 2.04. The van der Waals surface area contributed by atoms with E-state index < -0.39 is 0 Å². The van der Waals surface area contributed by atoms with E-state index in [-0.39, 0.29) is 12.5 Å². The van der Waals surface area contributed by atoms with E-state index >= 15 is 0 Å². The SMILES string of the molecule is CCOc1ccccc1OCC(=O)N1CCSCC1. The molecule has 1 heterocycles. The lowest BCUT2D eigenvalue weighted by Crippen LogP contribution is -2.40. The molecule has 0 bridgehead atoms. The molecule has 0 unspecified atom stereocenters. The Kier molecular flexibility index (Phi) is 5.39. The third-order valence-corrected chi connectivity index (χ3v) is 3.81. The predicted molar refractivity (Wildman–Crippen MR) is 77.0 cm³/mol. The summed E-state index contributed by atoms with van der Waals surface area (Å²) in [6, 6.07) is 7.44. The molecule has 1 aromatic carbocycles. The molecule has 0 N–H and O–H groups in total. The number of hydrogen-bond acceptors (Lipinski definition) is 4. The van der Waals surface area contributed by atoms with Crippen molar-refractivity contribution in [3.05, 3.63) is 24.3 Å². The summed E-state index contributed by atoms with van der Waals surface area (Å²) in [6.07, 6.45) is 0. The lowest BCUT2D eigenvalue weighted by molar-refractivity contribution is -0.133. The van der Waals surface area contributed by atoms with Gasteiger partial charge in [0.2, 0.25) is 0 Å². The molecule has 0 spiro atoms. The number of rotatable bonds is 5. The molecule has 2 rings (SSSR count). The number of carbonyl (C=O) groups is 1. The molecular formula is C14H19NO3S. The summed E-state index contributed by atoms with van der Waals surface area (Å²) in [5, 5.41) is 0. The number of benzene rings is 1. The Hall–Kier alpha value is -1.36. The molecule has 4 nitrogen and oxygen atoms in total. The molecule has 0 atom stereocenters. The Morgan fingerprint density at radius 2 is 1.84 bits per heavy atom. The highest BCUT2D eigenvalue weighted by molar-refractivity contribution is 7.99. The number of carbonyl (C=O) groups excluding carboxylic acids is 1. The summed E-state index contributed by atoms with van der Waals surface area (Å²) < 4.78 is 11.0. The van der Waals surface area contributed by atoms with E-state index in [0.29, 0.717) is 18.1 Å². The Balaban J connectivity index is 1.89. The molecule has 5 heteroatoms. The normalized spacial score (nSPS) is 15.1. The highest BCUT2D eigenvalue weighted by atomic mass is 32.2. The summed E-state index contributed by atoms with van der Waals surface area (Å²) in [5.41, 5.74) is 0. The molecule has 1 aliphatic heterocycles. The lowest BCUT2D eigenvalue weighted by Gasteiger charge is -2.26. The van der Waals surface area contributed by atoms with Crippen LogP contribution in [0.25, 0.3) is 0 Å². The fraction of sp³-hybridized carbons (Fsp3) is 0.500. The third-order valence-electron chi connectivity index (χ3n) is 2.86. The molecule has 104 valence electrons. The zero-order valence-electron chi connectivity index (χ0n) is 11.1. The first-order valence-electron chi connectivity index (χ1n) is 6.51. The van der Waals surface area contributed by atoms with Crippen molar-refractivity contribution in [2.45, 2.75) is 6.92 Å². The lowest BCUT2D eigenvalue weighted by atomic mass is 10.3. The number of hydrogen-bond donors (Lipinski definition) is 0. The van der Waals surface area contributed by atoms with Crippen molar-refractivity contribution in [2.24, 2.45) is 0 Å². The summed E-state index contributed by atoms with van der Waals surface area (Å²) in [6.45, 7) is 4.22. The first-order valence-corrected chi connectivity index (χ1v) is 7.67. The standard InChI is InChI=1S/C14H19NO3S/c1-2-17-12-5-3-4-6-13(12)18-11-14(16)15-7-9-19-10-8-15/h3-6H,2,7-11H2,1H3. The van der Waals surface area contributed by atoms with Crippen LogP contribution in [-0.4, -0.2) is 48.6 Å². The summed E-state index contributed by atoms with van der Waals surface area (Å²) >= 11 is 1.88. The summed E-state index contributed by atoms with van der Waals surface area (Å²) in [5.74, 6) is 3.39. The maximum Gasteiger partial charge on any atom is 0.260 e. The van der Waals surface area contributed by atoms with Crippen LogP contribution in [0.1, 0.15) is 6.92 Å². The zero-order valence-corrected chi connectivity index (χ0v) is 11.9. The topological polar surface area (TPSA) is 38.8 Å². The molecule has 0 aliphatic carbocycles. The van der Waals surface area contributed by atoms with Gasteiger partial charge in [0, 0.05) is 24.6 Å². The van der Waals surface area contributed by atoms with Crippen LogP contribution in [0.3, 0.4) is 0 Å². The molecule has 0 radical (unpaired) electrons. The van der Waals surface area contributed by atoms with Crippen LogP contribution in [0.15, 0.2) is 24.3 Å². The second-order valence-electron chi connectivity index (χ2n) is 4.16. The number of amides is 1. The van der Waals surface area contributed by atoms with E-state index in [1.54, 1.807) is 0 Å². The van der Waals surface area contributed by atoms with Gasteiger partial charge < -0.3 is 14.4 Å². The summed E-state index contributed by atoms with van der Waals surface area (Å²) in [4.78, 5) is 13.9. The van der Waals surface area contributed by atoms with Gasteiger partial charge in [0.15, 0.2) is 18.1 Å². The number of para-hydroxylation sites is 2. The van der Waals surface area contributed by atoms with Crippen LogP contribution in [0.4, 0.5) is 0 Å². The average Bonchev–Trinajstić information content (AvgIpc) is 2.47. The average molecular weight is 281 g/mol. The Bertz CT molecular complexity index is 419. The van der Waals surface area contributed by atoms with Crippen molar-refractivity contribution in [2.75, 3.05) is 37.8 Å². The second-order valence-corrected chi connectivity index (χ2v) is 5.39. The van der Waals surface area contributed by atoms with Crippen LogP contribution < -0.4 is 9.47 Å². The quantitative estimate of drug-likeness (QED) is 0.828. The van der Waals surface area contributed by atoms with Crippen LogP contribution in [0, 0.1) is 0 Å². The van der Waals surface area contributed by atoms with E-state index in [1.807, 2.05) is 47.9 Å². The van der Waals surface area contributed by atoms with Gasteiger partial charge in [0.05, 0.1) is 6.61 Å². The maximum absolute atomic E-state index is 12.0. The van der Waals surface area contributed by atoms with Crippen molar-refractivity contribution >= 4 is 17.7 Å². The Morgan fingerprint density at radius 3 is 2.47 bits per heavy atom. The molecule has 0 saturated carbocycles. The van der Waals surface area contributed by atoms with Gasteiger partial charge in [-0.3, -0.25) is 4.79 Å². The van der Waals surface area contributed by atoms with Gasteiger partial charge in [-0.15, -0.1) is 0 Å². The van der Waals surface area contributed by atoms with E-state index in [2.05, 4.69) is 0 Å². The van der Waals surface area contributed by atoms with Crippen molar-refractivity contribution in [3.63, 3.8) is 0 Å². The zero-order chi connectivity index (χ0) is 13.5. The molecule has 0 aromatic heterocycles. The van der Waals surface area contributed by atoms with E-state index in [0.717, 1.165) is 24.6 Å². The second kappa shape index (κ2) is 7.28. The highest BCUT2D eigenvalue weighted by Gasteiger charge is 2.17. The minimum absolute atomic E-state index is 0.0478. The van der Waals surface area contributed by atoms with Crippen molar-refractivity contribution in [3.8, 4) is 11.5 Å². The molecule has 1 aliphatic rings. The molecule has 1 saturated heterocycles. The Labute approximate surface area is 118 Å². The smallest absolute Gasteiger partial charge is 0.260 e. The minimum Gasteiger partial charge on any atom is -0.490 e. The van der Waals surface area contributed by atoms with Gasteiger partial charge in [-0.2, -0.15) is 11.8 Å². The molecule has 1 fully saturated rings. The van der Waals surface area contributed by atoms with Gasteiger partial charge in [-0.1, -0.05) is 12.1 Å². The third kappa shape index (κ3) is 4.06. The monoisotopic (exact) mass is 281 g/mol. The van der Waals surface area contributed by atoms with Crippen LogP contribution in [0.2, 0.25) is 0 Å². The highest BCUT2D eigenvalue weighted by Crippen LogP contribution is 2.26. The molecule has 19 heavy (non-hydrogen) atoms. The van der Waals surface area contributed by atoms with Gasteiger partial charge >= 0.3 is 0 Å². The Morgan fingerprint density at radius 1 is 1.21 bits per heavy atom. The largest absolute Gasteiger partial charge is 0.490 e.